The van der Waals surface area contributed by atoms with Crippen LogP contribution in [-0.2, 0) is 18.4 Å². The Labute approximate surface area is 132 Å². The lowest BCUT2D eigenvalue weighted by atomic mass is 10.2. The van der Waals surface area contributed by atoms with Crippen molar-refractivity contribution in [3.05, 3.63) is 33.3 Å². The molecule has 1 atom stereocenters. The Morgan fingerprint density at radius 3 is 2.52 bits per heavy atom. The lowest BCUT2D eigenvalue weighted by molar-refractivity contribution is -0.124. The van der Waals surface area contributed by atoms with Crippen LogP contribution in [0.1, 0.15) is 35.6 Å². The van der Waals surface area contributed by atoms with E-state index in [-0.39, 0.29) is 11.9 Å². The van der Waals surface area contributed by atoms with Crippen LogP contribution in [0.25, 0.3) is 0 Å². The normalized spacial score (nSPS) is 12.5. The number of amides is 1. The largest absolute Gasteiger partial charge is 0.350 e. The van der Waals surface area contributed by atoms with E-state index in [9.17, 15) is 4.79 Å². The van der Waals surface area contributed by atoms with E-state index in [1.165, 1.54) is 0 Å². The average Bonchev–Trinajstić information content (AvgIpc) is 2.91. The van der Waals surface area contributed by atoms with Gasteiger partial charge in [0.1, 0.15) is 6.04 Å². The molecule has 6 nitrogen and oxygen atoms in total. The zero-order valence-electron chi connectivity index (χ0n) is 12.9. The summed E-state index contributed by atoms with van der Waals surface area (Å²) >= 11 is 3.48. The van der Waals surface area contributed by atoms with Gasteiger partial charge in [-0.15, -0.1) is 0 Å². The third kappa shape index (κ3) is 3.02. The molecule has 2 aromatic heterocycles. The summed E-state index contributed by atoms with van der Waals surface area (Å²) in [5.41, 5.74) is 3.91. The minimum Gasteiger partial charge on any atom is -0.350 e. The van der Waals surface area contributed by atoms with Crippen LogP contribution < -0.4 is 5.32 Å². The molecule has 2 rings (SSSR count). The van der Waals surface area contributed by atoms with Crippen molar-refractivity contribution < 1.29 is 4.79 Å². The standard InChI is InChI=1S/C14H20BrN5O/c1-8-13(15)10(3)20(18-8)11(4)14(21)16-6-12-7-17-19(5)9(12)2/h7,11H,6H2,1-5H3,(H,16,21). The lowest BCUT2D eigenvalue weighted by Crippen LogP contribution is -2.31. The number of nitrogens with one attached hydrogen (secondary N) is 1. The minimum absolute atomic E-state index is 0.0589. The highest BCUT2D eigenvalue weighted by atomic mass is 79.9. The first-order valence-corrected chi connectivity index (χ1v) is 7.58. The van der Waals surface area contributed by atoms with Crippen molar-refractivity contribution in [1.29, 1.82) is 0 Å². The SMILES string of the molecule is Cc1nn(C(C)C(=O)NCc2cnn(C)c2C)c(C)c1Br. The van der Waals surface area contributed by atoms with Crippen LogP contribution >= 0.6 is 15.9 Å². The Kier molecular flexibility index (Phi) is 4.51. The first-order valence-electron chi connectivity index (χ1n) is 6.79. The Balaban J connectivity index is 2.06. The highest BCUT2D eigenvalue weighted by Crippen LogP contribution is 2.22. The number of aryl methyl sites for hydroxylation is 2. The fourth-order valence-electron chi connectivity index (χ4n) is 2.18. The molecule has 114 valence electrons. The zero-order valence-corrected chi connectivity index (χ0v) is 14.5. The molecule has 7 heteroatoms. The van der Waals surface area contributed by atoms with Gasteiger partial charge in [0.25, 0.3) is 0 Å². The van der Waals surface area contributed by atoms with Gasteiger partial charge in [0, 0.05) is 24.8 Å². The number of carbonyl (C=O) groups is 1. The number of rotatable bonds is 4. The second-order valence-electron chi connectivity index (χ2n) is 5.20. The van der Waals surface area contributed by atoms with Crippen LogP contribution in [0.2, 0.25) is 0 Å². The quantitative estimate of drug-likeness (QED) is 0.915. The molecular formula is C14H20BrN5O. The molecular weight excluding hydrogens is 334 g/mol. The van der Waals surface area contributed by atoms with E-state index in [2.05, 4.69) is 31.4 Å². The molecule has 2 heterocycles. The molecule has 0 aliphatic rings. The smallest absolute Gasteiger partial charge is 0.244 e. The topological polar surface area (TPSA) is 64.7 Å². The van der Waals surface area contributed by atoms with E-state index >= 15 is 0 Å². The fourth-order valence-corrected chi connectivity index (χ4v) is 2.44. The summed E-state index contributed by atoms with van der Waals surface area (Å²) in [5, 5.41) is 11.5. The first-order chi connectivity index (χ1) is 9.82. The van der Waals surface area contributed by atoms with Crippen molar-refractivity contribution in [2.24, 2.45) is 7.05 Å². The number of nitrogens with zero attached hydrogens (tertiary/aromatic N) is 4. The maximum Gasteiger partial charge on any atom is 0.244 e. The van der Waals surface area contributed by atoms with E-state index in [0.29, 0.717) is 6.54 Å². The van der Waals surface area contributed by atoms with Crippen molar-refractivity contribution in [2.45, 2.75) is 40.3 Å². The predicted molar refractivity (Wildman–Crippen MR) is 83.9 cm³/mol. The van der Waals surface area contributed by atoms with Gasteiger partial charge in [0.05, 0.1) is 22.1 Å². The third-order valence-corrected chi connectivity index (χ3v) is 4.92. The number of hydrogen-bond acceptors (Lipinski definition) is 3. The van der Waals surface area contributed by atoms with Gasteiger partial charge < -0.3 is 5.32 Å². The Hall–Kier alpha value is -1.63. The molecule has 0 fully saturated rings. The highest BCUT2D eigenvalue weighted by molar-refractivity contribution is 9.10. The summed E-state index contributed by atoms with van der Waals surface area (Å²) in [5.74, 6) is -0.0589. The van der Waals surface area contributed by atoms with E-state index in [0.717, 1.165) is 27.1 Å². The summed E-state index contributed by atoms with van der Waals surface area (Å²) in [6, 6.07) is -0.355. The van der Waals surface area contributed by atoms with Crippen molar-refractivity contribution in [3.8, 4) is 0 Å². The van der Waals surface area contributed by atoms with Crippen molar-refractivity contribution in [3.63, 3.8) is 0 Å². The summed E-state index contributed by atoms with van der Waals surface area (Å²) in [6.07, 6.45) is 1.78. The van der Waals surface area contributed by atoms with Gasteiger partial charge >= 0.3 is 0 Å². The van der Waals surface area contributed by atoms with Gasteiger partial charge in [-0.1, -0.05) is 0 Å². The van der Waals surface area contributed by atoms with Gasteiger partial charge in [0.2, 0.25) is 5.91 Å². The van der Waals surface area contributed by atoms with Crippen LogP contribution in [0.15, 0.2) is 10.7 Å². The second kappa shape index (κ2) is 6.01. The van der Waals surface area contributed by atoms with E-state index in [1.54, 1.807) is 15.6 Å². The van der Waals surface area contributed by atoms with Gasteiger partial charge in [-0.05, 0) is 43.6 Å². The summed E-state index contributed by atoms with van der Waals surface area (Å²) in [4.78, 5) is 12.3. The Bertz CT molecular complexity index is 673. The van der Waals surface area contributed by atoms with Crippen molar-refractivity contribution in [1.82, 2.24) is 24.9 Å². The number of carbonyl (C=O) groups excluding carboxylic acids is 1. The Morgan fingerprint density at radius 2 is 2.05 bits per heavy atom. The molecule has 21 heavy (non-hydrogen) atoms. The summed E-state index contributed by atoms with van der Waals surface area (Å²) in [7, 11) is 1.89. The van der Waals surface area contributed by atoms with Gasteiger partial charge in [-0.2, -0.15) is 10.2 Å². The molecule has 0 aliphatic carbocycles. The van der Waals surface area contributed by atoms with Crippen LogP contribution in [0.4, 0.5) is 0 Å². The minimum atomic E-state index is -0.355. The van der Waals surface area contributed by atoms with Crippen molar-refractivity contribution in [2.75, 3.05) is 0 Å². The van der Waals surface area contributed by atoms with E-state index in [4.69, 9.17) is 0 Å². The molecule has 0 aromatic carbocycles. The van der Waals surface area contributed by atoms with Gasteiger partial charge in [-0.25, -0.2) is 0 Å². The second-order valence-corrected chi connectivity index (χ2v) is 5.99. The molecule has 0 spiro atoms. The maximum absolute atomic E-state index is 12.3. The molecule has 1 N–H and O–H groups in total. The summed E-state index contributed by atoms with van der Waals surface area (Å²) in [6.45, 7) is 8.16. The Morgan fingerprint density at radius 1 is 1.38 bits per heavy atom. The van der Waals surface area contributed by atoms with Gasteiger partial charge in [0.15, 0.2) is 0 Å². The highest BCUT2D eigenvalue weighted by Gasteiger charge is 2.20. The predicted octanol–water partition coefficient (Wildman–Crippen LogP) is 2.18. The van der Waals surface area contributed by atoms with Gasteiger partial charge in [-0.3, -0.25) is 14.2 Å². The van der Waals surface area contributed by atoms with Crippen molar-refractivity contribution >= 4 is 21.8 Å². The van der Waals surface area contributed by atoms with Crippen LogP contribution in [0.5, 0.6) is 0 Å². The van der Waals surface area contributed by atoms with E-state index < -0.39 is 0 Å². The summed E-state index contributed by atoms with van der Waals surface area (Å²) < 4.78 is 4.48. The number of aromatic nitrogens is 4. The van der Waals surface area contributed by atoms with Crippen LogP contribution in [0.3, 0.4) is 0 Å². The first kappa shape index (κ1) is 15.8. The molecule has 1 unspecified atom stereocenters. The number of halogens is 1. The fraction of sp³-hybridized carbons (Fsp3) is 0.500. The molecule has 0 saturated heterocycles. The molecule has 1 amide bonds. The molecule has 0 bridgehead atoms. The molecule has 0 aliphatic heterocycles. The van der Waals surface area contributed by atoms with Crippen LogP contribution in [-0.4, -0.2) is 25.5 Å². The average molecular weight is 354 g/mol. The monoisotopic (exact) mass is 353 g/mol. The number of hydrogen-bond donors (Lipinski definition) is 1. The molecule has 2 aromatic rings. The van der Waals surface area contributed by atoms with E-state index in [1.807, 2.05) is 34.7 Å². The van der Waals surface area contributed by atoms with Crippen LogP contribution in [0, 0.1) is 20.8 Å². The zero-order chi connectivity index (χ0) is 15.7. The third-order valence-electron chi connectivity index (χ3n) is 3.77. The molecule has 0 radical (unpaired) electrons. The maximum atomic E-state index is 12.3. The lowest BCUT2D eigenvalue weighted by Gasteiger charge is -2.14. The molecule has 0 saturated carbocycles.